The van der Waals surface area contributed by atoms with Crippen LogP contribution in [0.3, 0.4) is 0 Å². The van der Waals surface area contributed by atoms with Gasteiger partial charge in [-0.3, -0.25) is 0 Å². The van der Waals surface area contributed by atoms with Crippen LogP contribution in [0.5, 0.6) is 0 Å². The van der Waals surface area contributed by atoms with E-state index >= 15 is 0 Å². The molecule has 0 aliphatic carbocycles. The van der Waals surface area contributed by atoms with E-state index in [-0.39, 0.29) is 0 Å². The van der Waals surface area contributed by atoms with Crippen LogP contribution in [0.15, 0.2) is 22.7 Å². The maximum atomic E-state index is 10.9. The lowest BCUT2D eigenvalue weighted by Crippen LogP contribution is -2.04. The second-order valence-corrected chi connectivity index (χ2v) is 5.56. The maximum Gasteiger partial charge on any atom is 0.335 e. The normalized spacial score (nSPS) is 10.2. The molecular weight excluding hydrogens is 302 g/mol. The van der Waals surface area contributed by atoms with Crippen molar-refractivity contribution in [3.05, 3.63) is 28.2 Å². The van der Waals surface area contributed by atoms with E-state index in [0.717, 1.165) is 23.1 Å². The van der Waals surface area contributed by atoms with Crippen molar-refractivity contribution >= 4 is 39.3 Å². The predicted molar refractivity (Wildman–Crippen MR) is 77.2 cm³/mol. The van der Waals surface area contributed by atoms with Crippen LogP contribution in [0.4, 0.5) is 5.69 Å². The van der Waals surface area contributed by atoms with Crippen LogP contribution in [0.2, 0.25) is 0 Å². The summed E-state index contributed by atoms with van der Waals surface area (Å²) in [6.45, 7) is 0.871. The molecule has 0 aliphatic rings. The molecule has 0 amide bonds. The first kappa shape index (κ1) is 14.4. The number of nitrogens with one attached hydrogen (secondary N) is 1. The Bertz CT molecular complexity index is 385. The molecule has 5 heteroatoms. The minimum absolute atomic E-state index is 0.297. The van der Waals surface area contributed by atoms with Gasteiger partial charge >= 0.3 is 5.97 Å². The number of thioether (sulfide) groups is 1. The first-order valence-corrected chi connectivity index (χ1v) is 7.59. The summed E-state index contributed by atoms with van der Waals surface area (Å²) in [5.74, 6) is 0.261. The lowest BCUT2D eigenvalue weighted by Gasteiger charge is -2.07. The van der Waals surface area contributed by atoms with Gasteiger partial charge in [-0.1, -0.05) is 15.9 Å². The van der Waals surface area contributed by atoms with Crippen LogP contribution in [0.1, 0.15) is 23.2 Å². The Morgan fingerprint density at radius 3 is 2.82 bits per heavy atom. The Morgan fingerprint density at radius 1 is 1.41 bits per heavy atom. The number of hydrogen-bond acceptors (Lipinski definition) is 3. The zero-order valence-corrected chi connectivity index (χ0v) is 12.1. The second kappa shape index (κ2) is 7.61. The molecule has 0 atom stereocenters. The molecule has 0 radical (unpaired) electrons. The molecule has 0 spiro atoms. The Labute approximate surface area is 114 Å². The minimum Gasteiger partial charge on any atom is -0.478 e. The van der Waals surface area contributed by atoms with Gasteiger partial charge in [0.05, 0.1) is 5.56 Å². The summed E-state index contributed by atoms with van der Waals surface area (Å²) in [5, 5.41) is 12.2. The number of benzene rings is 1. The number of carboxylic acid groups (broad SMARTS) is 1. The molecule has 1 rings (SSSR count). The van der Waals surface area contributed by atoms with Crippen molar-refractivity contribution in [3.8, 4) is 0 Å². The van der Waals surface area contributed by atoms with Gasteiger partial charge in [0, 0.05) is 16.7 Å². The fourth-order valence-corrected chi connectivity index (χ4v) is 2.41. The Balaban J connectivity index is 2.50. The fraction of sp³-hybridized carbons (Fsp3) is 0.417. The number of anilines is 1. The molecule has 0 saturated carbocycles. The summed E-state index contributed by atoms with van der Waals surface area (Å²) in [6.07, 6.45) is 4.37. The molecule has 0 aromatic heterocycles. The van der Waals surface area contributed by atoms with Gasteiger partial charge in [-0.2, -0.15) is 11.8 Å². The van der Waals surface area contributed by atoms with E-state index in [1.807, 2.05) is 17.8 Å². The molecule has 2 N–H and O–H groups in total. The van der Waals surface area contributed by atoms with E-state index < -0.39 is 5.97 Å². The smallest absolute Gasteiger partial charge is 0.335 e. The third-order valence-corrected chi connectivity index (χ3v) is 3.40. The number of carboxylic acids is 1. The number of unbranched alkanes of at least 4 members (excludes halogenated alkanes) is 1. The van der Waals surface area contributed by atoms with Gasteiger partial charge in [-0.25, -0.2) is 4.79 Å². The van der Waals surface area contributed by atoms with Crippen molar-refractivity contribution < 1.29 is 9.90 Å². The highest BCUT2D eigenvalue weighted by Crippen LogP contribution is 2.19. The van der Waals surface area contributed by atoms with Gasteiger partial charge in [0.15, 0.2) is 0 Å². The van der Waals surface area contributed by atoms with E-state index in [2.05, 4.69) is 27.5 Å². The lowest BCUT2D eigenvalue weighted by atomic mass is 10.2. The maximum absolute atomic E-state index is 10.9. The van der Waals surface area contributed by atoms with Crippen molar-refractivity contribution in [2.45, 2.75) is 12.8 Å². The molecule has 0 aliphatic heterocycles. The van der Waals surface area contributed by atoms with Gasteiger partial charge < -0.3 is 10.4 Å². The highest BCUT2D eigenvalue weighted by Gasteiger charge is 2.05. The van der Waals surface area contributed by atoms with E-state index in [9.17, 15) is 4.79 Å². The molecule has 94 valence electrons. The zero-order valence-electron chi connectivity index (χ0n) is 9.70. The first-order chi connectivity index (χ1) is 8.13. The van der Waals surface area contributed by atoms with Gasteiger partial charge in [-0.05, 0) is 43.0 Å². The highest BCUT2D eigenvalue weighted by atomic mass is 79.9. The summed E-state index contributed by atoms with van der Waals surface area (Å²) in [6, 6.07) is 5.14. The number of hydrogen-bond donors (Lipinski definition) is 2. The van der Waals surface area contributed by atoms with E-state index in [1.165, 1.54) is 12.2 Å². The Kier molecular flexibility index (Phi) is 6.44. The fourth-order valence-electron chi connectivity index (χ4n) is 1.42. The van der Waals surface area contributed by atoms with E-state index in [1.54, 1.807) is 12.1 Å². The molecule has 0 unspecified atom stereocenters. The summed E-state index contributed by atoms with van der Waals surface area (Å²) in [4.78, 5) is 10.9. The number of aromatic carboxylic acids is 1. The zero-order chi connectivity index (χ0) is 12.7. The average Bonchev–Trinajstić information content (AvgIpc) is 2.28. The third kappa shape index (κ3) is 5.46. The predicted octanol–water partition coefficient (Wildman–Crippen LogP) is 3.70. The molecule has 0 saturated heterocycles. The van der Waals surface area contributed by atoms with Crippen molar-refractivity contribution in [3.63, 3.8) is 0 Å². The van der Waals surface area contributed by atoms with Crippen molar-refractivity contribution in [2.24, 2.45) is 0 Å². The van der Waals surface area contributed by atoms with Gasteiger partial charge in [0.25, 0.3) is 0 Å². The topological polar surface area (TPSA) is 49.3 Å². The van der Waals surface area contributed by atoms with E-state index in [4.69, 9.17) is 5.11 Å². The molecule has 1 aromatic carbocycles. The van der Waals surface area contributed by atoms with Crippen LogP contribution in [0.25, 0.3) is 0 Å². The Hall–Kier alpha value is -0.680. The third-order valence-electron chi connectivity index (χ3n) is 2.25. The molecule has 0 bridgehead atoms. The van der Waals surface area contributed by atoms with Crippen LogP contribution >= 0.6 is 27.7 Å². The molecule has 3 nitrogen and oxygen atoms in total. The van der Waals surface area contributed by atoms with Crippen LogP contribution in [-0.4, -0.2) is 29.6 Å². The Morgan fingerprint density at radius 2 is 2.18 bits per heavy atom. The van der Waals surface area contributed by atoms with Gasteiger partial charge in [0.2, 0.25) is 0 Å². The lowest BCUT2D eigenvalue weighted by molar-refractivity contribution is 0.0697. The standard InChI is InChI=1S/C12H16BrNO2S/c1-17-5-3-2-4-14-11-7-9(12(15)16)6-10(13)8-11/h6-8,14H,2-5H2,1H3,(H,15,16). The minimum atomic E-state index is -0.906. The second-order valence-electron chi connectivity index (χ2n) is 3.66. The summed E-state index contributed by atoms with van der Waals surface area (Å²) >= 11 is 5.15. The van der Waals surface area contributed by atoms with Gasteiger partial charge in [-0.15, -0.1) is 0 Å². The summed E-state index contributed by atoms with van der Waals surface area (Å²) in [7, 11) is 0. The molecular formula is C12H16BrNO2S. The quantitative estimate of drug-likeness (QED) is 0.753. The van der Waals surface area contributed by atoms with Crippen molar-refractivity contribution in [2.75, 3.05) is 23.9 Å². The summed E-state index contributed by atoms with van der Waals surface area (Å²) in [5.41, 5.74) is 1.15. The average molecular weight is 318 g/mol. The van der Waals surface area contributed by atoms with Crippen LogP contribution in [-0.2, 0) is 0 Å². The van der Waals surface area contributed by atoms with Crippen molar-refractivity contribution in [1.82, 2.24) is 0 Å². The van der Waals surface area contributed by atoms with Crippen LogP contribution < -0.4 is 5.32 Å². The number of carbonyl (C=O) groups is 1. The van der Waals surface area contributed by atoms with Gasteiger partial charge in [0.1, 0.15) is 0 Å². The molecule has 17 heavy (non-hydrogen) atoms. The van der Waals surface area contributed by atoms with Crippen molar-refractivity contribution in [1.29, 1.82) is 0 Å². The van der Waals surface area contributed by atoms with Crippen LogP contribution in [0, 0.1) is 0 Å². The first-order valence-electron chi connectivity index (χ1n) is 5.40. The largest absolute Gasteiger partial charge is 0.478 e. The molecule has 1 aromatic rings. The number of halogens is 1. The monoisotopic (exact) mass is 317 g/mol. The highest BCUT2D eigenvalue weighted by molar-refractivity contribution is 9.10. The SMILES string of the molecule is CSCCCCNc1cc(Br)cc(C(=O)O)c1. The number of rotatable bonds is 7. The van der Waals surface area contributed by atoms with E-state index in [0.29, 0.717) is 5.56 Å². The summed E-state index contributed by atoms with van der Waals surface area (Å²) < 4.78 is 0.781. The molecule has 0 heterocycles. The molecule has 0 fully saturated rings.